The minimum absolute atomic E-state index is 0.395. The summed E-state index contributed by atoms with van der Waals surface area (Å²) in [6, 6.07) is 0. The molecule has 0 saturated heterocycles. The third-order valence-electron chi connectivity index (χ3n) is 5.24. The fourth-order valence-electron chi connectivity index (χ4n) is 3.80. The first-order valence-corrected chi connectivity index (χ1v) is 6.79. The fraction of sp³-hybridized carbons (Fsp3) is 0.867. The lowest BCUT2D eigenvalue weighted by molar-refractivity contribution is 0.0113. The second-order valence-corrected chi connectivity index (χ2v) is 6.67. The van der Waals surface area contributed by atoms with E-state index in [-0.39, 0.29) is 0 Å². The van der Waals surface area contributed by atoms with Crippen LogP contribution in [0.25, 0.3) is 0 Å². The Morgan fingerprint density at radius 2 is 2.00 bits per heavy atom. The molecule has 3 atom stereocenters. The molecule has 1 heteroatoms. The molecule has 2 aliphatic rings. The Hall–Kier alpha value is -0.300. The summed E-state index contributed by atoms with van der Waals surface area (Å²) in [6.45, 7) is 11.2. The van der Waals surface area contributed by atoms with E-state index in [1.165, 1.54) is 18.4 Å². The van der Waals surface area contributed by atoms with E-state index in [0.717, 1.165) is 25.7 Å². The van der Waals surface area contributed by atoms with Crippen LogP contribution in [-0.4, -0.2) is 10.7 Å². The molecule has 1 N–H and O–H groups in total. The molecule has 0 aromatic heterocycles. The maximum atomic E-state index is 10.6. The van der Waals surface area contributed by atoms with Crippen molar-refractivity contribution < 1.29 is 5.11 Å². The van der Waals surface area contributed by atoms with Gasteiger partial charge in [-0.05, 0) is 55.8 Å². The molecular formula is C15H26O. The van der Waals surface area contributed by atoms with E-state index in [0.29, 0.717) is 17.3 Å². The van der Waals surface area contributed by atoms with Crippen molar-refractivity contribution >= 4 is 0 Å². The highest BCUT2D eigenvalue weighted by molar-refractivity contribution is 5.16. The summed E-state index contributed by atoms with van der Waals surface area (Å²) in [5.74, 6) is 1.21. The van der Waals surface area contributed by atoms with Gasteiger partial charge in [-0.25, -0.2) is 0 Å². The van der Waals surface area contributed by atoms with Crippen LogP contribution in [0.5, 0.6) is 0 Å². The van der Waals surface area contributed by atoms with Crippen molar-refractivity contribution in [3.63, 3.8) is 0 Å². The SMILES string of the molecule is C=C1C2CCC(C)(C)C1CCC(O)(CC)C2. The predicted molar refractivity (Wildman–Crippen MR) is 68.2 cm³/mol. The molecule has 0 aliphatic heterocycles. The average Bonchev–Trinajstić information content (AvgIpc) is 2.31. The molecule has 0 radical (unpaired) electrons. The zero-order valence-corrected chi connectivity index (χ0v) is 11.1. The normalized spacial score (nSPS) is 42.9. The second kappa shape index (κ2) is 3.87. The van der Waals surface area contributed by atoms with Gasteiger partial charge < -0.3 is 5.11 Å². The van der Waals surface area contributed by atoms with Gasteiger partial charge in [0.15, 0.2) is 0 Å². The number of rotatable bonds is 1. The van der Waals surface area contributed by atoms with E-state index in [1.54, 1.807) is 0 Å². The molecule has 2 bridgehead atoms. The second-order valence-electron chi connectivity index (χ2n) is 6.67. The minimum atomic E-state index is -0.414. The third kappa shape index (κ3) is 1.95. The number of hydrogen-bond donors (Lipinski definition) is 1. The van der Waals surface area contributed by atoms with Crippen LogP contribution in [0.3, 0.4) is 0 Å². The van der Waals surface area contributed by atoms with Crippen LogP contribution in [0, 0.1) is 17.3 Å². The van der Waals surface area contributed by atoms with Crippen LogP contribution in [0.2, 0.25) is 0 Å². The molecule has 0 heterocycles. The van der Waals surface area contributed by atoms with Gasteiger partial charge in [0.2, 0.25) is 0 Å². The van der Waals surface area contributed by atoms with Gasteiger partial charge in [-0.3, -0.25) is 0 Å². The van der Waals surface area contributed by atoms with Crippen molar-refractivity contribution in [1.82, 2.24) is 0 Å². The van der Waals surface area contributed by atoms with Crippen molar-refractivity contribution in [2.24, 2.45) is 17.3 Å². The number of aliphatic hydroxyl groups is 1. The van der Waals surface area contributed by atoms with Crippen LogP contribution in [-0.2, 0) is 0 Å². The molecule has 2 rings (SSSR count). The zero-order chi connectivity index (χ0) is 12.0. The van der Waals surface area contributed by atoms with Crippen molar-refractivity contribution in [3.05, 3.63) is 12.2 Å². The zero-order valence-electron chi connectivity index (χ0n) is 11.1. The first-order valence-electron chi connectivity index (χ1n) is 6.79. The molecular weight excluding hydrogens is 196 g/mol. The standard InChI is InChI=1S/C15H26O/c1-5-15(16)9-7-13-11(2)12(10-15)6-8-14(13,3)4/h12-13,16H,2,5-10H2,1,3-4H3. The molecule has 3 unspecified atom stereocenters. The summed E-state index contributed by atoms with van der Waals surface area (Å²) in [5.41, 5.74) is 1.41. The molecule has 16 heavy (non-hydrogen) atoms. The third-order valence-corrected chi connectivity index (χ3v) is 5.24. The van der Waals surface area contributed by atoms with Crippen LogP contribution in [0.1, 0.15) is 59.3 Å². The number of hydrogen-bond acceptors (Lipinski definition) is 1. The lowest BCUT2D eigenvalue weighted by Gasteiger charge is -2.43. The Labute approximate surface area is 99.9 Å². The van der Waals surface area contributed by atoms with Gasteiger partial charge in [0.05, 0.1) is 5.60 Å². The van der Waals surface area contributed by atoms with Gasteiger partial charge >= 0.3 is 0 Å². The highest BCUT2D eigenvalue weighted by Gasteiger charge is 2.44. The van der Waals surface area contributed by atoms with E-state index >= 15 is 0 Å². The number of allylic oxidation sites excluding steroid dienone is 1. The Bertz CT molecular complexity index is 292. The van der Waals surface area contributed by atoms with Gasteiger partial charge in [-0.15, -0.1) is 0 Å². The first-order chi connectivity index (χ1) is 7.38. The lowest BCUT2D eigenvalue weighted by atomic mass is 9.62. The highest BCUT2D eigenvalue weighted by atomic mass is 16.3. The molecule has 2 saturated carbocycles. The maximum Gasteiger partial charge on any atom is 0.0651 e. The molecule has 92 valence electrons. The van der Waals surface area contributed by atoms with E-state index in [1.807, 2.05) is 0 Å². The lowest BCUT2D eigenvalue weighted by Crippen LogP contribution is -2.33. The van der Waals surface area contributed by atoms with Crippen molar-refractivity contribution in [2.45, 2.75) is 64.9 Å². The molecule has 0 aromatic rings. The van der Waals surface area contributed by atoms with Crippen LogP contribution >= 0.6 is 0 Å². The van der Waals surface area contributed by atoms with Gasteiger partial charge in [0.1, 0.15) is 0 Å². The van der Waals surface area contributed by atoms with Gasteiger partial charge in [0, 0.05) is 0 Å². The number of fused-ring (bicyclic) bond motifs is 2. The van der Waals surface area contributed by atoms with Crippen molar-refractivity contribution in [3.8, 4) is 0 Å². The Kier molecular flexibility index (Phi) is 2.94. The van der Waals surface area contributed by atoms with E-state index in [9.17, 15) is 5.11 Å². The maximum absolute atomic E-state index is 10.6. The van der Waals surface area contributed by atoms with E-state index < -0.39 is 5.60 Å². The predicted octanol–water partition coefficient (Wildman–Crippen LogP) is 3.92. The van der Waals surface area contributed by atoms with Gasteiger partial charge in [-0.1, -0.05) is 32.9 Å². The van der Waals surface area contributed by atoms with Crippen LogP contribution < -0.4 is 0 Å². The molecule has 2 fully saturated rings. The summed E-state index contributed by atoms with van der Waals surface area (Å²) >= 11 is 0. The van der Waals surface area contributed by atoms with E-state index in [4.69, 9.17) is 0 Å². The first kappa shape index (κ1) is 12.2. The summed E-state index contributed by atoms with van der Waals surface area (Å²) < 4.78 is 0. The molecule has 0 spiro atoms. The molecule has 2 aliphatic carbocycles. The average molecular weight is 222 g/mol. The monoisotopic (exact) mass is 222 g/mol. The summed E-state index contributed by atoms with van der Waals surface area (Å²) in [6.07, 6.45) is 6.46. The van der Waals surface area contributed by atoms with E-state index in [2.05, 4.69) is 27.4 Å². The fourth-order valence-corrected chi connectivity index (χ4v) is 3.80. The molecule has 1 nitrogen and oxygen atoms in total. The molecule has 0 amide bonds. The summed E-state index contributed by atoms with van der Waals surface area (Å²) in [7, 11) is 0. The van der Waals surface area contributed by atoms with Gasteiger partial charge in [-0.2, -0.15) is 0 Å². The van der Waals surface area contributed by atoms with Crippen molar-refractivity contribution in [1.29, 1.82) is 0 Å². The topological polar surface area (TPSA) is 20.2 Å². The Morgan fingerprint density at radius 1 is 1.31 bits per heavy atom. The van der Waals surface area contributed by atoms with Crippen LogP contribution in [0.4, 0.5) is 0 Å². The van der Waals surface area contributed by atoms with Crippen molar-refractivity contribution in [2.75, 3.05) is 0 Å². The largest absolute Gasteiger partial charge is 0.390 e. The summed E-state index contributed by atoms with van der Waals surface area (Å²) in [4.78, 5) is 0. The highest BCUT2D eigenvalue weighted by Crippen LogP contribution is 2.53. The summed E-state index contributed by atoms with van der Waals surface area (Å²) in [5, 5.41) is 10.6. The minimum Gasteiger partial charge on any atom is -0.390 e. The van der Waals surface area contributed by atoms with Crippen LogP contribution in [0.15, 0.2) is 12.2 Å². The molecule has 0 aromatic carbocycles. The smallest absolute Gasteiger partial charge is 0.0651 e. The quantitative estimate of drug-likeness (QED) is 0.667. The Morgan fingerprint density at radius 3 is 2.62 bits per heavy atom. The Balaban J connectivity index is 2.26. The van der Waals surface area contributed by atoms with Gasteiger partial charge in [0.25, 0.3) is 0 Å².